The molecule has 2 saturated heterocycles. The van der Waals surface area contributed by atoms with Crippen LogP contribution in [0.25, 0.3) is 11.1 Å². The topological polar surface area (TPSA) is 647 Å². The largest absolute Gasteiger partial charge is 0.508 e. The van der Waals surface area contributed by atoms with E-state index in [1.165, 1.54) is 94.5 Å². The smallest absolute Gasteiger partial charge is 0.410 e. The van der Waals surface area contributed by atoms with Crippen molar-refractivity contribution in [2.75, 3.05) is 13.7 Å². The molecule has 2 fully saturated rings. The molecule has 43 nitrogen and oxygen atoms in total. The normalized spacial score (nSPS) is 26.1. The molecule has 7 aromatic carbocycles. The van der Waals surface area contributed by atoms with Crippen LogP contribution in [0.2, 0.25) is 5.02 Å². The number of phenolic OH excluding ortho intramolecular Hbond substituents is 1. The second-order valence-corrected chi connectivity index (χ2v) is 32.5. The number of primary amides is 1. The minimum absolute atomic E-state index is 0.0261. The van der Waals surface area contributed by atoms with E-state index in [4.69, 9.17) is 55.2 Å². The molecule has 678 valence electrons. The summed E-state index contributed by atoms with van der Waals surface area (Å²) in [4.78, 5) is 170. The Hall–Kier alpha value is -13.3. The van der Waals surface area contributed by atoms with Crippen LogP contribution in [0.4, 0.5) is 21.0 Å². The quantitative estimate of drug-likeness (QED) is 0.0296. The number of aryl methyl sites for hydroxylation is 1. The third-order valence-corrected chi connectivity index (χ3v) is 22.9. The summed E-state index contributed by atoms with van der Waals surface area (Å²) in [5, 5.41) is 157. The third-order valence-electron chi connectivity index (χ3n) is 22.6. The molecule has 128 heavy (non-hydrogen) atoms. The zero-order chi connectivity index (χ0) is 92.7. The number of phenols is 1. The Labute approximate surface area is 729 Å². The second kappa shape index (κ2) is 37.3. The molecule has 18 atom stereocenters. The number of likely N-dealkylation sites (N-methyl/N-ethyl adjacent to an activating group) is 1. The number of carboxylic acid groups (broad SMARTS) is 1. The van der Waals surface area contributed by atoms with Crippen molar-refractivity contribution in [2.24, 2.45) is 11.7 Å². The highest BCUT2D eigenvalue weighted by Crippen LogP contribution is 2.53. The van der Waals surface area contributed by atoms with Crippen LogP contribution in [-0.4, -0.2) is 218 Å². The molecule has 0 aromatic heterocycles. The van der Waals surface area contributed by atoms with E-state index in [2.05, 4.69) is 37.2 Å². The van der Waals surface area contributed by atoms with Gasteiger partial charge in [0.05, 0.1) is 39.5 Å². The summed E-state index contributed by atoms with van der Waals surface area (Å²) in [6.07, 6.45) is -23.4. The molecule has 0 saturated carbocycles. The standard InChI is InChI=1S/C84H88ClN11O32/c1-34(2)21-52(94(6)82(114)122-33-38-9-16-44(17-10-38)96(119)120)74(106)91-64-66(100)40-12-19-53(35(3)22-40)124-55-25-42-26-56(70(55)128-80-71(69(103)68(102)57(31-97)126-80)127-59-30-83(5,72(104)36(4)123-59)93-81(113)121-32-37-7-14-43(15-8-37)95(117)118)125-54-20-13-41(24-50(54)85)67(101)65-78(110)90-63(79(111)112)47-27-45(98)28-49-60(47)46-23-39(11-18-48(46)84(49,115)116)61(75(107)92-65)89-76(108)62(42)88-73(105)51(29-58(86)99)87-77(64)109/h7-20,22-28,34,36,51-52,57,59,61-69,71-72,80,97-98,100-104,115-116H,21,29-33H2,1-6H3,(H2,86,99)(H,87,109)(H,88,105)(H,89,108)(H,90,110)(H,91,106)(H,92,107)(H,93,113)(H,111,112)/t36-,51-,52+,57+,59-,61+,62+,63-,64+,65-,66+,67+,68+,69-,71+,72+,80-,83-/m0/s1. The Morgan fingerprint density at radius 3 is 1.88 bits per heavy atom. The zero-order valence-corrected chi connectivity index (χ0v) is 69.3. The Bertz CT molecular complexity index is 5570. The number of benzene rings is 7. The molecular weight excluding hydrogens is 1710 g/mol. The van der Waals surface area contributed by atoms with Crippen LogP contribution in [0.5, 0.6) is 34.5 Å². The number of hydrogen-bond donors (Lipinski definition) is 18. The summed E-state index contributed by atoms with van der Waals surface area (Å²) in [7, 11) is 1.18. The van der Waals surface area contributed by atoms with Crippen LogP contribution >= 0.6 is 11.6 Å². The first kappa shape index (κ1) is 92.4. The number of aliphatic hydroxyl groups excluding tert-OH is 6. The molecule has 15 rings (SSSR count). The molecule has 9 amide bonds. The van der Waals surface area contributed by atoms with E-state index < -0.39 is 279 Å². The van der Waals surface area contributed by atoms with Crippen LogP contribution in [-0.2, 0) is 81.0 Å². The SMILES string of the molecule is Cc1cc2ccc1Oc1cc3cc(c1O[C@@H]1O[C@H](CO)[C@@H](O)[C@H](O)[C@H]1O[C@H]1C[C@](C)(NC(=O)OCc4ccc([N+](=O)[O-])cc4)[C@H](O)[C@H](C)O1)Oc1ccc(cc1Cl)[C@@H](O)[C@@H]1NC(=O)[C@H](NC(=O)[C@@H]3NC(=O)[C@H](CC(N)=O)NC(=O)[C@H](NC(=O)[C@@H](CC(C)C)N(C)C(=O)OCc3ccc([N+](=O)[O-])cc3)[C@@H]2O)c2ccc3c(c2)-c2c(cc(O)cc2C3(O)O)[C@@H](C(=O)O)NC1=O. The molecule has 1 aliphatic carbocycles. The van der Waals surface area contributed by atoms with Crippen molar-refractivity contribution < 1.29 is 147 Å². The molecule has 0 spiro atoms. The van der Waals surface area contributed by atoms with Gasteiger partial charge in [0.1, 0.15) is 103 Å². The van der Waals surface area contributed by atoms with E-state index in [9.17, 15) is 90.5 Å². The lowest BCUT2D eigenvalue weighted by Gasteiger charge is -2.48. The molecule has 8 aliphatic rings. The number of nitrogens with two attached hydrogens (primary N) is 1. The van der Waals surface area contributed by atoms with Gasteiger partial charge in [0.2, 0.25) is 59.2 Å². The molecule has 7 heterocycles. The minimum atomic E-state index is -3.08. The molecule has 11 bridgehead atoms. The monoisotopic (exact) mass is 1800 g/mol. The van der Waals surface area contributed by atoms with Crippen LogP contribution in [0.15, 0.2) is 127 Å². The highest BCUT2D eigenvalue weighted by atomic mass is 35.5. The predicted molar refractivity (Wildman–Crippen MR) is 435 cm³/mol. The highest BCUT2D eigenvalue weighted by Gasteiger charge is 2.54. The van der Waals surface area contributed by atoms with Gasteiger partial charge in [-0.3, -0.25) is 58.7 Å². The van der Waals surface area contributed by atoms with Gasteiger partial charge in [-0.2, -0.15) is 0 Å². The number of ether oxygens (including phenoxy) is 8. The number of carboxylic acids is 1. The van der Waals surface area contributed by atoms with Gasteiger partial charge in [-0.05, 0) is 168 Å². The Kier molecular flexibility index (Phi) is 26.9. The maximum Gasteiger partial charge on any atom is 0.410 e. The number of rotatable bonds is 20. The van der Waals surface area contributed by atoms with Crippen LogP contribution in [0.3, 0.4) is 0 Å². The van der Waals surface area contributed by atoms with Gasteiger partial charge in [-0.15, -0.1) is 0 Å². The summed E-state index contributed by atoms with van der Waals surface area (Å²) < 4.78 is 50.2. The number of nitrogens with zero attached hydrogens (tertiary/aromatic N) is 3. The first-order valence-corrected chi connectivity index (χ1v) is 40.1. The fraction of sp³-hybridized carbons (Fsp3) is 0.381. The van der Waals surface area contributed by atoms with Gasteiger partial charge >= 0.3 is 18.2 Å². The molecule has 19 N–H and O–H groups in total. The molecule has 7 aliphatic heterocycles. The van der Waals surface area contributed by atoms with Crippen molar-refractivity contribution in [3.05, 3.63) is 208 Å². The van der Waals surface area contributed by atoms with E-state index in [0.717, 1.165) is 65.6 Å². The van der Waals surface area contributed by atoms with Crippen molar-refractivity contribution >= 4 is 82.5 Å². The van der Waals surface area contributed by atoms with E-state index in [-0.39, 0.29) is 56.9 Å². The van der Waals surface area contributed by atoms with Gasteiger partial charge < -0.3 is 132 Å². The Morgan fingerprint density at radius 1 is 0.688 bits per heavy atom. The maximum absolute atomic E-state index is 16.4. The fourth-order valence-electron chi connectivity index (χ4n) is 15.8. The number of nitro benzene ring substituents is 2. The van der Waals surface area contributed by atoms with E-state index in [1.807, 2.05) is 0 Å². The minimum Gasteiger partial charge on any atom is -0.508 e. The summed E-state index contributed by atoms with van der Waals surface area (Å²) in [5.41, 5.74) is 0.798. The second-order valence-electron chi connectivity index (χ2n) is 32.1. The van der Waals surface area contributed by atoms with Crippen molar-refractivity contribution in [2.45, 2.75) is 182 Å². The number of amides is 9. The van der Waals surface area contributed by atoms with E-state index >= 15 is 28.8 Å². The number of fused-ring (bicyclic) bond motifs is 12. The number of carbonyl (C=O) groups excluding carboxylic acids is 9. The van der Waals surface area contributed by atoms with Gasteiger partial charge in [0, 0.05) is 48.9 Å². The number of non-ortho nitro benzene ring substituents is 2. The third kappa shape index (κ3) is 19.3. The fourth-order valence-corrected chi connectivity index (χ4v) is 16.0. The Balaban J connectivity index is 0.968. The molecule has 44 heteroatoms. The van der Waals surface area contributed by atoms with Gasteiger partial charge in [-0.1, -0.05) is 49.7 Å². The number of aliphatic carboxylic acids is 1. The lowest BCUT2D eigenvalue weighted by Crippen LogP contribution is -2.66. The first-order valence-electron chi connectivity index (χ1n) is 39.7. The summed E-state index contributed by atoms with van der Waals surface area (Å²) in [6.45, 7) is 5.60. The van der Waals surface area contributed by atoms with E-state index in [1.54, 1.807) is 13.8 Å². The Morgan fingerprint density at radius 2 is 1.28 bits per heavy atom. The number of alkyl carbamates (subject to hydrolysis) is 1. The number of aliphatic hydroxyl groups is 8. The average Bonchev–Trinajstić information content (AvgIpc) is 1.55. The molecular formula is C84H88ClN11O32. The zero-order valence-electron chi connectivity index (χ0n) is 68.5. The molecule has 7 aromatic rings. The summed E-state index contributed by atoms with van der Waals surface area (Å²) in [5.74, 6) is -18.7. The number of halogens is 1. The first-order chi connectivity index (χ1) is 60.5. The molecule has 0 unspecified atom stereocenters. The number of hydrogen-bond acceptors (Lipinski definition) is 31. The van der Waals surface area contributed by atoms with Gasteiger partial charge in [0.25, 0.3) is 11.4 Å². The highest BCUT2D eigenvalue weighted by molar-refractivity contribution is 6.32. The van der Waals surface area contributed by atoms with Crippen LogP contribution in [0, 0.1) is 33.1 Å². The summed E-state index contributed by atoms with van der Waals surface area (Å²) >= 11 is 7.15. The maximum atomic E-state index is 16.4. The lowest BCUT2D eigenvalue weighted by molar-refractivity contribution is -0.385. The van der Waals surface area contributed by atoms with E-state index in [0.29, 0.717) is 11.1 Å². The lowest BCUT2D eigenvalue weighted by atomic mass is 9.85. The van der Waals surface area contributed by atoms with Crippen molar-refractivity contribution in [3.8, 4) is 45.6 Å². The van der Waals surface area contributed by atoms with Crippen LogP contribution in [0.1, 0.15) is 133 Å². The van der Waals surface area contributed by atoms with Crippen LogP contribution < -0.4 is 57.2 Å². The predicted octanol–water partition coefficient (Wildman–Crippen LogP) is 2.68. The van der Waals surface area contributed by atoms with Crippen molar-refractivity contribution in [1.29, 1.82) is 0 Å². The number of nitrogens with one attached hydrogen (secondary N) is 7. The number of aromatic hydroxyl groups is 1. The van der Waals surface area contributed by atoms with Crippen molar-refractivity contribution in [3.63, 3.8) is 0 Å². The van der Waals surface area contributed by atoms with Crippen molar-refractivity contribution in [1.82, 2.24) is 42.1 Å². The van der Waals surface area contributed by atoms with Gasteiger partial charge in [-0.25, -0.2) is 14.4 Å². The average molecular weight is 1800 g/mol. The molecule has 0 radical (unpaired) electrons. The number of nitro groups is 2. The summed E-state index contributed by atoms with van der Waals surface area (Å²) in [6, 6.07) is 8.56. The number of carbonyl (C=O) groups is 10. The van der Waals surface area contributed by atoms with Gasteiger partial charge in [0.15, 0.2) is 29.9 Å².